The summed E-state index contributed by atoms with van der Waals surface area (Å²) in [5.41, 5.74) is -1.18. The van der Waals surface area contributed by atoms with Crippen LogP contribution in [0.5, 0.6) is 0 Å². The van der Waals surface area contributed by atoms with E-state index in [4.69, 9.17) is 14.6 Å². The lowest BCUT2D eigenvalue weighted by atomic mass is 10.1. The first-order chi connectivity index (χ1) is 9.99. The average Bonchev–Trinajstić information content (AvgIpc) is 2.74. The number of hydrogen-bond donors (Lipinski definition) is 4. The molecule has 2 rings (SSSR count). The van der Waals surface area contributed by atoms with Crippen molar-refractivity contribution < 1.29 is 24.8 Å². The van der Waals surface area contributed by atoms with Gasteiger partial charge >= 0.3 is 5.69 Å². The van der Waals surface area contributed by atoms with Crippen LogP contribution >= 0.6 is 0 Å². The van der Waals surface area contributed by atoms with Crippen molar-refractivity contribution in [2.45, 2.75) is 38.1 Å². The molecule has 21 heavy (non-hydrogen) atoms. The van der Waals surface area contributed by atoms with Crippen LogP contribution in [0.1, 0.15) is 18.7 Å². The Morgan fingerprint density at radius 3 is 2.67 bits per heavy atom. The van der Waals surface area contributed by atoms with Crippen molar-refractivity contribution in [2.75, 3.05) is 13.2 Å². The van der Waals surface area contributed by atoms with Crippen molar-refractivity contribution in [3.05, 3.63) is 32.6 Å². The number of aromatic amines is 1. The second-order valence-electron chi connectivity index (χ2n) is 4.69. The lowest BCUT2D eigenvalue weighted by molar-refractivity contribution is -0.0553. The van der Waals surface area contributed by atoms with Gasteiger partial charge in [0.05, 0.1) is 18.8 Å². The summed E-state index contributed by atoms with van der Waals surface area (Å²) >= 11 is 0. The Morgan fingerprint density at radius 2 is 2.10 bits per heavy atom. The molecule has 0 radical (unpaired) electrons. The minimum absolute atomic E-state index is 0.000903. The molecular formula is C12H18N2O7. The van der Waals surface area contributed by atoms with Gasteiger partial charge in [-0.1, -0.05) is 0 Å². The number of nitrogens with zero attached hydrogens (tertiary/aromatic N) is 1. The molecule has 1 fully saturated rings. The van der Waals surface area contributed by atoms with E-state index in [1.807, 2.05) is 0 Å². The molecule has 2 heterocycles. The molecule has 0 spiro atoms. The Labute approximate surface area is 119 Å². The SMILES string of the molecule is CCOCc1cn([C@H]2O[C@@H](CO)C(O)C2O)c(=O)[nH]c1=O. The summed E-state index contributed by atoms with van der Waals surface area (Å²) in [5.74, 6) is 0. The van der Waals surface area contributed by atoms with E-state index in [2.05, 4.69) is 4.98 Å². The van der Waals surface area contributed by atoms with Crippen LogP contribution in [0.4, 0.5) is 0 Å². The number of hydrogen-bond acceptors (Lipinski definition) is 7. The van der Waals surface area contributed by atoms with Gasteiger partial charge < -0.3 is 24.8 Å². The van der Waals surface area contributed by atoms with E-state index in [1.54, 1.807) is 6.92 Å². The largest absolute Gasteiger partial charge is 0.394 e. The number of aromatic nitrogens is 2. The lowest BCUT2D eigenvalue weighted by Crippen LogP contribution is -2.39. The number of aliphatic hydroxyl groups is 3. The zero-order valence-corrected chi connectivity index (χ0v) is 11.4. The second-order valence-corrected chi connectivity index (χ2v) is 4.69. The molecule has 9 nitrogen and oxygen atoms in total. The van der Waals surface area contributed by atoms with Crippen molar-refractivity contribution in [1.29, 1.82) is 0 Å². The quantitative estimate of drug-likeness (QED) is 0.480. The molecule has 2 unspecified atom stereocenters. The monoisotopic (exact) mass is 302 g/mol. The van der Waals surface area contributed by atoms with Crippen LogP contribution in [0.15, 0.2) is 15.8 Å². The van der Waals surface area contributed by atoms with Crippen LogP contribution in [0.2, 0.25) is 0 Å². The maximum Gasteiger partial charge on any atom is 0.330 e. The zero-order chi connectivity index (χ0) is 15.6. The predicted molar refractivity (Wildman–Crippen MR) is 69.7 cm³/mol. The van der Waals surface area contributed by atoms with Crippen LogP contribution in [-0.4, -0.2) is 56.4 Å². The molecule has 4 atom stereocenters. The molecule has 0 aliphatic carbocycles. The molecule has 118 valence electrons. The van der Waals surface area contributed by atoms with Crippen molar-refractivity contribution in [3.63, 3.8) is 0 Å². The molecular weight excluding hydrogens is 284 g/mol. The molecule has 0 aromatic carbocycles. The summed E-state index contributed by atoms with van der Waals surface area (Å²) in [7, 11) is 0. The Balaban J connectivity index is 2.35. The molecule has 1 saturated heterocycles. The standard InChI is InChI=1S/C12H18N2O7/c1-2-20-5-6-3-14(12(19)13-10(6)18)11-9(17)8(16)7(4-15)21-11/h3,7-9,11,15-17H,2,4-5H2,1H3,(H,13,18,19)/t7-,8?,9?,11-/m0/s1. The Hall–Kier alpha value is -1.52. The van der Waals surface area contributed by atoms with Gasteiger partial charge in [0.25, 0.3) is 5.56 Å². The summed E-state index contributed by atoms with van der Waals surface area (Å²) in [6, 6.07) is 0. The molecule has 0 saturated carbocycles. The first-order valence-corrected chi connectivity index (χ1v) is 6.54. The Bertz CT molecular complexity index is 596. The molecule has 0 bridgehead atoms. The van der Waals surface area contributed by atoms with Gasteiger partial charge in [0.1, 0.15) is 18.3 Å². The van der Waals surface area contributed by atoms with E-state index in [-0.39, 0.29) is 12.2 Å². The fourth-order valence-electron chi connectivity index (χ4n) is 2.14. The maximum atomic E-state index is 11.8. The van der Waals surface area contributed by atoms with Crippen molar-refractivity contribution in [2.24, 2.45) is 0 Å². The summed E-state index contributed by atoms with van der Waals surface area (Å²) < 4.78 is 11.3. The third-order valence-corrected chi connectivity index (χ3v) is 3.29. The number of nitrogens with one attached hydrogen (secondary N) is 1. The van der Waals surface area contributed by atoms with Crippen molar-refractivity contribution in [3.8, 4) is 0 Å². The second kappa shape index (κ2) is 6.50. The predicted octanol–water partition coefficient (Wildman–Crippen LogP) is -2.32. The number of H-pyrrole nitrogens is 1. The maximum absolute atomic E-state index is 11.8. The molecule has 1 aliphatic rings. The molecule has 1 aliphatic heterocycles. The van der Waals surface area contributed by atoms with E-state index in [0.717, 1.165) is 4.57 Å². The number of ether oxygens (including phenoxy) is 2. The molecule has 1 aromatic rings. The van der Waals surface area contributed by atoms with Gasteiger partial charge in [-0.15, -0.1) is 0 Å². The van der Waals surface area contributed by atoms with Crippen LogP contribution in [0.3, 0.4) is 0 Å². The number of rotatable bonds is 5. The first-order valence-electron chi connectivity index (χ1n) is 6.54. The van der Waals surface area contributed by atoms with Gasteiger partial charge in [-0.05, 0) is 6.92 Å². The van der Waals surface area contributed by atoms with Gasteiger partial charge in [0, 0.05) is 12.8 Å². The summed E-state index contributed by atoms with van der Waals surface area (Å²) in [5, 5.41) is 28.6. The minimum atomic E-state index is -1.40. The molecule has 4 N–H and O–H groups in total. The molecule has 9 heteroatoms. The van der Waals surface area contributed by atoms with E-state index >= 15 is 0 Å². The highest BCUT2D eigenvalue weighted by molar-refractivity contribution is 5.05. The van der Waals surface area contributed by atoms with Crippen LogP contribution in [-0.2, 0) is 16.1 Å². The van der Waals surface area contributed by atoms with Crippen LogP contribution in [0, 0.1) is 0 Å². The summed E-state index contributed by atoms with van der Waals surface area (Å²) in [4.78, 5) is 25.6. The van der Waals surface area contributed by atoms with Crippen molar-refractivity contribution >= 4 is 0 Å². The van der Waals surface area contributed by atoms with Gasteiger partial charge in [0.2, 0.25) is 0 Å². The van der Waals surface area contributed by atoms with Crippen molar-refractivity contribution in [1.82, 2.24) is 9.55 Å². The highest BCUT2D eigenvalue weighted by Crippen LogP contribution is 2.27. The third kappa shape index (κ3) is 3.06. The van der Waals surface area contributed by atoms with E-state index in [0.29, 0.717) is 6.61 Å². The van der Waals surface area contributed by atoms with Gasteiger partial charge in [-0.3, -0.25) is 14.3 Å². The molecule has 1 aromatic heterocycles. The smallest absolute Gasteiger partial charge is 0.330 e. The van der Waals surface area contributed by atoms with Gasteiger partial charge in [-0.25, -0.2) is 4.79 Å². The first kappa shape index (κ1) is 15.9. The normalized spacial score (nSPS) is 29.0. The summed E-state index contributed by atoms with van der Waals surface area (Å²) in [6.45, 7) is 1.65. The third-order valence-electron chi connectivity index (χ3n) is 3.29. The van der Waals surface area contributed by atoms with E-state index < -0.39 is 42.4 Å². The van der Waals surface area contributed by atoms with Crippen LogP contribution in [0.25, 0.3) is 0 Å². The topological polar surface area (TPSA) is 134 Å². The zero-order valence-electron chi connectivity index (χ0n) is 11.4. The molecule has 0 amide bonds. The number of aliphatic hydroxyl groups excluding tert-OH is 3. The fraction of sp³-hybridized carbons (Fsp3) is 0.667. The average molecular weight is 302 g/mol. The van der Waals surface area contributed by atoms with Crippen LogP contribution < -0.4 is 11.2 Å². The van der Waals surface area contributed by atoms with Gasteiger partial charge in [-0.2, -0.15) is 0 Å². The minimum Gasteiger partial charge on any atom is -0.394 e. The lowest BCUT2D eigenvalue weighted by Gasteiger charge is -2.17. The highest BCUT2D eigenvalue weighted by Gasteiger charge is 2.43. The summed E-state index contributed by atoms with van der Waals surface area (Å²) in [6.07, 6.45) is -3.70. The Kier molecular flexibility index (Phi) is 4.91. The highest BCUT2D eigenvalue weighted by atomic mass is 16.6. The van der Waals surface area contributed by atoms with E-state index in [1.165, 1.54) is 6.20 Å². The van der Waals surface area contributed by atoms with E-state index in [9.17, 15) is 19.8 Å². The fourth-order valence-corrected chi connectivity index (χ4v) is 2.14. The van der Waals surface area contributed by atoms with Gasteiger partial charge in [0.15, 0.2) is 6.23 Å². The Morgan fingerprint density at radius 1 is 1.38 bits per heavy atom.